The van der Waals surface area contributed by atoms with Gasteiger partial charge in [0.2, 0.25) is 11.8 Å². The molecule has 53 heavy (non-hydrogen) atoms. The lowest BCUT2D eigenvalue weighted by Gasteiger charge is -2.13. The van der Waals surface area contributed by atoms with E-state index in [9.17, 15) is 0 Å². The van der Waals surface area contributed by atoms with Crippen LogP contribution < -0.4 is 0 Å². The highest BCUT2D eigenvalue weighted by molar-refractivity contribution is 6.24. The Morgan fingerprint density at radius 1 is 0.434 bits per heavy atom. The van der Waals surface area contributed by atoms with E-state index < -0.39 is 0 Å². The number of oxazole rings is 1. The van der Waals surface area contributed by atoms with Gasteiger partial charge in [0.1, 0.15) is 5.52 Å². The number of benzene rings is 6. The van der Waals surface area contributed by atoms with E-state index >= 15 is 0 Å². The van der Waals surface area contributed by atoms with Crippen LogP contribution in [0.25, 0.3) is 101 Å². The number of pyridine rings is 1. The summed E-state index contributed by atoms with van der Waals surface area (Å²) in [6.45, 7) is 0. The van der Waals surface area contributed by atoms with Gasteiger partial charge in [-0.25, -0.2) is 9.97 Å². The minimum Gasteiger partial charge on any atom is -0.434 e. The Labute approximate surface area is 302 Å². The molecule has 0 atom stereocenters. The zero-order valence-corrected chi connectivity index (χ0v) is 28.1. The molecule has 0 aliphatic heterocycles. The predicted molar refractivity (Wildman–Crippen MR) is 210 cm³/mol. The van der Waals surface area contributed by atoms with Crippen LogP contribution in [0.4, 0.5) is 0 Å². The highest BCUT2D eigenvalue weighted by Gasteiger charge is 2.25. The molecule has 8 heteroatoms. The van der Waals surface area contributed by atoms with E-state index in [-0.39, 0.29) is 0 Å². The SMILES string of the molecule is c1ccc(-c2nc(-c3ccccc3)nc(-n3c4ccccc4c4ccc5c6ccccc6n(-c6cccc7nc(-c8cccnc8)oc67)c5c43)n2)cc1. The summed E-state index contributed by atoms with van der Waals surface area (Å²) in [6, 6.07) is 51.6. The molecule has 6 aromatic carbocycles. The number of hydrogen-bond acceptors (Lipinski definition) is 6. The van der Waals surface area contributed by atoms with Gasteiger partial charge in [-0.05, 0) is 36.4 Å². The Morgan fingerprint density at radius 3 is 1.66 bits per heavy atom. The molecule has 0 N–H and O–H groups in total. The van der Waals surface area contributed by atoms with Crippen molar-refractivity contribution in [3.63, 3.8) is 0 Å². The van der Waals surface area contributed by atoms with Crippen LogP contribution in [0.3, 0.4) is 0 Å². The minimum atomic E-state index is 0.521. The van der Waals surface area contributed by atoms with Crippen LogP contribution >= 0.6 is 0 Å². The third-order valence-corrected chi connectivity index (χ3v) is 9.90. The zero-order valence-electron chi connectivity index (χ0n) is 28.1. The van der Waals surface area contributed by atoms with Gasteiger partial charge in [0.15, 0.2) is 17.2 Å². The van der Waals surface area contributed by atoms with Gasteiger partial charge >= 0.3 is 0 Å². The lowest BCUT2D eigenvalue weighted by atomic mass is 10.1. The van der Waals surface area contributed by atoms with Gasteiger partial charge in [-0.1, -0.05) is 115 Å². The van der Waals surface area contributed by atoms with Crippen molar-refractivity contribution >= 4 is 54.7 Å². The second-order valence-corrected chi connectivity index (χ2v) is 13.0. The molecule has 0 spiro atoms. The summed E-state index contributed by atoms with van der Waals surface area (Å²) in [7, 11) is 0. The zero-order chi connectivity index (χ0) is 34.9. The molecule has 5 heterocycles. The number of fused-ring (bicyclic) bond motifs is 8. The maximum Gasteiger partial charge on any atom is 0.238 e. The van der Waals surface area contributed by atoms with E-state index in [1.165, 1.54) is 0 Å². The first-order chi connectivity index (χ1) is 26.3. The summed E-state index contributed by atoms with van der Waals surface area (Å²) in [5, 5.41) is 4.40. The standard InChI is InChI=1S/C45H27N7O/c1-3-13-28(14-4-1)42-48-43(29-15-5-2-6-16-29)50-45(49-42)52-37-22-10-8-19-32(37)34-25-24-33-31-18-7-9-21-36(31)51(39(33)40(34)52)38-23-11-20-35-41(38)53-44(47-35)30-17-12-26-46-27-30/h1-27H. The number of nitrogens with zero attached hydrogens (tertiary/aromatic N) is 7. The van der Waals surface area contributed by atoms with Gasteiger partial charge < -0.3 is 8.98 Å². The van der Waals surface area contributed by atoms with Crippen molar-refractivity contribution in [3.05, 3.63) is 164 Å². The Morgan fingerprint density at radius 2 is 1.02 bits per heavy atom. The summed E-state index contributed by atoms with van der Waals surface area (Å²) in [5.74, 6) is 2.25. The third-order valence-electron chi connectivity index (χ3n) is 9.90. The molecule has 0 fully saturated rings. The minimum absolute atomic E-state index is 0.521. The smallest absolute Gasteiger partial charge is 0.238 e. The van der Waals surface area contributed by atoms with Crippen LogP contribution in [0.2, 0.25) is 0 Å². The first kappa shape index (κ1) is 29.3. The molecular weight excluding hydrogens is 655 g/mol. The monoisotopic (exact) mass is 681 g/mol. The van der Waals surface area contributed by atoms with Crippen LogP contribution in [0.1, 0.15) is 0 Å². The Bertz CT molecular complexity index is 3110. The van der Waals surface area contributed by atoms with Crippen LogP contribution in [-0.4, -0.2) is 34.1 Å². The summed E-state index contributed by atoms with van der Waals surface area (Å²) >= 11 is 0. The van der Waals surface area contributed by atoms with Crippen molar-refractivity contribution < 1.29 is 4.42 Å². The summed E-state index contributed by atoms with van der Waals surface area (Å²) < 4.78 is 11.1. The largest absolute Gasteiger partial charge is 0.434 e. The van der Waals surface area contributed by atoms with Gasteiger partial charge in [-0.3, -0.25) is 9.55 Å². The van der Waals surface area contributed by atoms with Crippen molar-refractivity contribution in [2.24, 2.45) is 0 Å². The molecule has 11 aromatic rings. The average Bonchev–Trinajstić information content (AvgIpc) is 3.92. The molecule has 0 bridgehead atoms. The van der Waals surface area contributed by atoms with E-state index in [1.807, 2.05) is 84.9 Å². The second-order valence-electron chi connectivity index (χ2n) is 13.0. The van der Waals surface area contributed by atoms with Crippen molar-refractivity contribution in [3.8, 4) is 45.9 Å². The van der Waals surface area contributed by atoms with E-state index in [0.29, 0.717) is 29.1 Å². The topological polar surface area (TPSA) is 87.5 Å². The molecule has 0 aliphatic carbocycles. The fraction of sp³-hybridized carbons (Fsp3) is 0. The van der Waals surface area contributed by atoms with Crippen molar-refractivity contribution in [2.45, 2.75) is 0 Å². The van der Waals surface area contributed by atoms with Gasteiger partial charge in [0, 0.05) is 45.1 Å². The van der Waals surface area contributed by atoms with Crippen LogP contribution in [-0.2, 0) is 0 Å². The van der Waals surface area contributed by atoms with Gasteiger partial charge in [0.05, 0.1) is 33.3 Å². The molecule has 0 aliphatic rings. The summed E-state index contributed by atoms with van der Waals surface area (Å²) in [4.78, 5) is 24.6. The van der Waals surface area contributed by atoms with Gasteiger partial charge in [-0.2, -0.15) is 9.97 Å². The second kappa shape index (κ2) is 11.5. The number of para-hydroxylation sites is 3. The summed E-state index contributed by atoms with van der Waals surface area (Å²) in [5.41, 5.74) is 9.00. The van der Waals surface area contributed by atoms with Crippen LogP contribution in [0.5, 0.6) is 0 Å². The van der Waals surface area contributed by atoms with Gasteiger partial charge in [0.25, 0.3) is 0 Å². The predicted octanol–water partition coefficient (Wildman–Crippen LogP) is 10.6. The Kier molecular flexibility index (Phi) is 6.38. The maximum atomic E-state index is 6.61. The lowest BCUT2D eigenvalue weighted by molar-refractivity contribution is 0.617. The van der Waals surface area contributed by atoms with Crippen molar-refractivity contribution in [1.29, 1.82) is 0 Å². The van der Waals surface area contributed by atoms with E-state index in [0.717, 1.165) is 71.5 Å². The lowest BCUT2D eigenvalue weighted by Crippen LogP contribution is -2.07. The molecular formula is C45H27N7O. The normalized spacial score (nSPS) is 11.8. The van der Waals surface area contributed by atoms with E-state index in [2.05, 4.69) is 80.8 Å². The van der Waals surface area contributed by atoms with E-state index in [1.54, 1.807) is 12.4 Å². The molecule has 0 saturated carbocycles. The molecule has 0 unspecified atom stereocenters. The fourth-order valence-electron chi connectivity index (χ4n) is 7.58. The highest BCUT2D eigenvalue weighted by atomic mass is 16.3. The summed E-state index contributed by atoms with van der Waals surface area (Å²) in [6.07, 6.45) is 3.52. The quantitative estimate of drug-likeness (QED) is 0.180. The maximum absolute atomic E-state index is 6.61. The number of aromatic nitrogens is 7. The molecule has 248 valence electrons. The van der Waals surface area contributed by atoms with Crippen molar-refractivity contribution in [1.82, 2.24) is 34.1 Å². The van der Waals surface area contributed by atoms with Crippen LogP contribution in [0.15, 0.2) is 168 Å². The Hall–Kier alpha value is -7.45. The molecule has 0 saturated heterocycles. The number of hydrogen-bond donors (Lipinski definition) is 0. The average molecular weight is 682 g/mol. The first-order valence-corrected chi connectivity index (χ1v) is 17.4. The molecule has 5 aromatic heterocycles. The third kappa shape index (κ3) is 4.52. The molecule has 11 rings (SSSR count). The first-order valence-electron chi connectivity index (χ1n) is 17.4. The Balaban J connectivity index is 1.29. The van der Waals surface area contributed by atoms with Gasteiger partial charge in [-0.15, -0.1) is 0 Å². The van der Waals surface area contributed by atoms with E-state index in [4.69, 9.17) is 24.4 Å². The fourth-order valence-corrected chi connectivity index (χ4v) is 7.58. The van der Waals surface area contributed by atoms with Crippen molar-refractivity contribution in [2.75, 3.05) is 0 Å². The van der Waals surface area contributed by atoms with Crippen LogP contribution in [0, 0.1) is 0 Å². The molecule has 8 nitrogen and oxygen atoms in total. The molecule has 0 amide bonds. The number of rotatable bonds is 5. The molecule has 0 radical (unpaired) electrons. The highest BCUT2D eigenvalue weighted by Crippen LogP contribution is 2.43.